The Morgan fingerprint density at radius 2 is 1.68 bits per heavy atom. The van der Waals surface area contributed by atoms with Gasteiger partial charge in [0.15, 0.2) is 11.5 Å². The van der Waals surface area contributed by atoms with E-state index in [9.17, 15) is 0 Å². The van der Waals surface area contributed by atoms with E-state index in [0.717, 1.165) is 24.6 Å². The fourth-order valence-electron chi connectivity index (χ4n) is 2.93. The van der Waals surface area contributed by atoms with Gasteiger partial charge in [0.1, 0.15) is 13.1 Å². The van der Waals surface area contributed by atoms with Crippen molar-refractivity contribution < 1.29 is 14.8 Å². The minimum absolute atomic E-state index is 0.332. The molecule has 0 aliphatic carbocycles. The fourth-order valence-corrected chi connectivity index (χ4v) is 2.93. The van der Waals surface area contributed by atoms with Crippen molar-refractivity contribution >= 4 is 10.8 Å². The highest BCUT2D eigenvalue weighted by Crippen LogP contribution is 2.32. The zero-order valence-corrected chi connectivity index (χ0v) is 12.3. The molecule has 2 N–H and O–H groups in total. The van der Waals surface area contributed by atoms with Gasteiger partial charge in [-0.15, -0.1) is 0 Å². The summed E-state index contributed by atoms with van der Waals surface area (Å²) < 4.78 is 10.8. The van der Waals surface area contributed by atoms with E-state index in [2.05, 4.69) is 59.9 Å². The maximum atomic E-state index is 5.43. The van der Waals surface area contributed by atoms with Crippen LogP contribution in [-0.2, 0) is 13.1 Å². The van der Waals surface area contributed by atoms with E-state index in [1.54, 1.807) is 0 Å². The van der Waals surface area contributed by atoms with Crippen LogP contribution >= 0.6 is 0 Å². The topological polar surface area (TPSA) is 35.1 Å². The quantitative estimate of drug-likeness (QED) is 0.802. The van der Waals surface area contributed by atoms with Gasteiger partial charge in [-0.1, -0.05) is 42.5 Å². The van der Waals surface area contributed by atoms with Gasteiger partial charge in [0.2, 0.25) is 6.79 Å². The molecule has 0 bridgehead atoms. The molecular formula is C19H18NO2+. The van der Waals surface area contributed by atoms with Crippen molar-refractivity contribution in [2.45, 2.75) is 13.1 Å². The average Bonchev–Trinajstić information content (AvgIpc) is 3.03. The van der Waals surface area contributed by atoms with Crippen LogP contribution in [0, 0.1) is 0 Å². The van der Waals surface area contributed by atoms with Crippen LogP contribution in [0.25, 0.3) is 10.8 Å². The van der Waals surface area contributed by atoms with Crippen molar-refractivity contribution in [1.29, 1.82) is 0 Å². The van der Waals surface area contributed by atoms with Crippen LogP contribution in [0.3, 0.4) is 0 Å². The van der Waals surface area contributed by atoms with E-state index in [0.29, 0.717) is 6.79 Å². The molecule has 1 heterocycles. The molecule has 0 spiro atoms. The molecule has 22 heavy (non-hydrogen) atoms. The van der Waals surface area contributed by atoms with Crippen LogP contribution in [0.5, 0.6) is 11.5 Å². The number of fused-ring (bicyclic) bond motifs is 2. The first kappa shape index (κ1) is 13.2. The lowest BCUT2D eigenvalue weighted by Crippen LogP contribution is -2.80. The summed E-state index contributed by atoms with van der Waals surface area (Å²) in [6, 6.07) is 21.2. The normalized spacial score (nSPS) is 12.7. The van der Waals surface area contributed by atoms with Crippen molar-refractivity contribution in [3.8, 4) is 11.5 Å². The van der Waals surface area contributed by atoms with Crippen LogP contribution < -0.4 is 14.8 Å². The second-order valence-electron chi connectivity index (χ2n) is 5.52. The molecule has 3 aromatic carbocycles. The molecule has 1 aliphatic heterocycles. The lowest BCUT2D eigenvalue weighted by Gasteiger charge is -2.06. The third-order valence-electron chi connectivity index (χ3n) is 4.06. The zero-order chi connectivity index (χ0) is 14.8. The molecule has 0 radical (unpaired) electrons. The summed E-state index contributed by atoms with van der Waals surface area (Å²) in [7, 11) is 0. The summed E-state index contributed by atoms with van der Waals surface area (Å²) in [6.07, 6.45) is 0. The average molecular weight is 292 g/mol. The molecule has 0 unspecified atom stereocenters. The molecule has 0 amide bonds. The van der Waals surface area contributed by atoms with E-state index < -0.39 is 0 Å². The molecule has 0 saturated heterocycles. The highest BCUT2D eigenvalue weighted by Gasteiger charge is 2.13. The molecular weight excluding hydrogens is 274 g/mol. The van der Waals surface area contributed by atoms with E-state index in [1.807, 2.05) is 6.07 Å². The van der Waals surface area contributed by atoms with Gasteiger partial charge in [-0.25, -0.2) is 0 Å². The Labute approximate surface area is 129 Å². The van der Waals surface area contributed by atoms with E-state index in [-0.39, 0.29) is 0 Å². The van der Waals surface area contributed by atoms with Crippen molar-refractivity contribution in [1.82, 2.24) is 0 Å². The minimum atomic E-state index is 0.332. The first-order valence-electron chi connectivity index (χ1n) is 7.57. The Morgan fingerprint density at radius 1 is 0.818 bits per heavy atom. The van der Waals surface area contributed by atoms with E-state index in [4.69, 9.17) is 9.47 Å². The highest BCUT2D eigenvalue weighted by molar-refractivity contribution is 5.85. The third kappa shape index (κ3) is 2.51. The van der Waals surface area contributed by atoms with Crippen molar-refractivity contribution in [2.75, 3.05) is 6.79 Å². The predicted octanol–water partition coefficient (Wildman–Crippen LogP) is 2.83. The summed E-state index contributed by atoms with van der Waals surface area (Å²) >= 11 is 0. The third-order valence-corrected chi connectivity index (χ3v) is 4.06. The van der Waals surface area contributed by atoms with E-state index >= 15 is 0 Å². The van der Waals surface area contributed by atoms with Crippen LogP contribution in [0.15, 0.2) is 60.7 Å². The van der Waals surface area contributed by atoms with E-state index in [1.165, 1.54) is 21.9 Å². The Morgan fingerprint density at radius 3 is 2.68 bits per heavy atom. The van der Waals surface area contributed by atoms with Gasteiger partial charge < -0.3 is 14.8 Å². The molecule has 3 heteroatoms. The molecule has 1 aliphatic rings. The number of quaternary nitrogens is 1. The Bertz CT molecular complexity index is 808. The molecule has 4 rings (SSSR count). The van der Waals surface area contributed by atoms with Gasteiger partial charge in [-0.05, 0) is 29.0 Å². The highest BCUT2D eigenvalue weighted by atomic mass is 16.7. The Kier molecular flexibility index (Phi) is 3.41. The molecule has 0 saturated carbocycles. The van der Waals surface area contributed by atoms with Gasteiger partial charge >= 0.3 is 0 Å². The maximum Gasteiger partial charge on any atom is 0.231 e. The van der Waals surface area contributed by atoms with Crippen molar-refractivity contribution in [3.05, 3.63) is 71.8 Å². The maximum absolute atomic E-state index is 5.43. The van der Waals surface area contributed by atoms with Gasteiger partial charge in [0.05, 0.1) is 0 Å². The zero-order valence-electron chi connectivity index (χ0n) is 12.3. The first-order valence-corrected chi connectivity index (χ1v) is 7.57. The molecule has 0 atom stereocenters. The second-order valence-corrected chi connectivity index (χ2v) is 5.52. The first-order chi connectivity index (χ1) is 10.9. The number of benzene rings is 3. The van der Waals surface area contributed by atoms with Gasteiger partial charge in [0.25, 0.3) is 0 Å². The summed E-state index contributed by atoms with van der Waals surface area (Å²) in [5.41, 5.74) is 2.63. The van der Waals surface area contributed by atoms with Crippen LogP contribution in [0.1, 0.15) is 11.1 Å². The smallest absolute Gasteiger partial charge is 0.231 e. The number of hydrogen-bond donors (Lipinski definition) is 1. The van der Waals surface area contributed by atoms with Crippen LogP contribution in [-0.4, -0.2) is 6.79 Å². The SMILES string of the molecule is c1ccc2c(C[NH2+]Cc3ccc4c(c3)OCO4)cccc2c1. The number of hydrogen-bond acceptors (Lipinski definition) is 2. The standard InChI is InChI=1S/C19H17NO2/c1-2-7-17-15(4-1)5-3-6-16(17)12-20-11-14-8-9-18-19(10-14)22-13-21-18/h1-10,20H,11-13H2/p+1. The van der Waals surface area contributed by atoms with Crippen LogP contribution in [0.4, 0.5) is 0 Å². The minimum Gasteiger partial charge on any atom is -0.454 e. The number of nitrogens with two attached hydrogens (primary N) is 1. The molecule has 110 valence electrons. The summed E-state index contributed by atoms with van der Waals surface area (Å²) in [5.74, 6) is 1.70. The van der Waals surface area contributed by atoms with Gasteiger partial charge in [-0.2, -0.15) is 0 Å². The Hall–Kier alpha value is -2.52. The molecule has 3 nitrogen and oxygen atoms in total. The van der Waals surface area contributed by atoms with Crippen molar-refractivity contribution in [3.63, 3.8) is 0 Å². The van der Waals surface area contributed by atoms with Crippen molar-refractivity contribution in [2.24, 2.45) is 0 Å². The number of ether oxygens (including phenoxy) is 2. The van der Waals surface area contributed by atoms with Gasteiger partial charge in [0, 0.05) is 11.1 Å². The fraction of sp³-hybridized carbons (Fsp3) is 0.158. The molecule has 0 fully saturated rings. The lowest BCUT2D eigenvalue weighted by atomic mass is 10.0. The van der Waals surface area contributed by atoms with Gasteiger partial charge in [-0.3, -0.25) is 0 Å². The largest absolute Gasteiger partial charge is 0.454 e. The van der Waals surface area contributed by atoms with Crippen LogP contribution in [0.2, 0.25) is 0 Å². The summed E-state index contributed by atoms with van der Waals surface area (Å²) in [5, 5.41) is 4.96. The number of rotatable bonds is 4. The summed E-state index contributed by atoms with van der Waals surface area (Å²) in [4.78, 5) is 0. The Balaban J connectivity index is 1.46. The lowest BCUT2D eigenvalue weighted by molar-refractivity contribution is -0.686. The second kappa shape index (κ2) is 5.70. The molecule has 3 aromatic rings. The molecule has 0 aromatic heterocycles. The monoisotopic (exact) mass is 292 g/mol. The summed E-state index contributed by atoms with van der Waals surface area (Å²) in [6.45, 7) is 2.23. The predicted molar refractivity (Wildman–Crippen MR) is 85.8 cm³/mol.